The smallest absolute Gasteiger partial charge is 0.226 e. The molecule has 0 aliphatic carbocycles. The van der Waals surface area contributed by atoms with Crippen molar-refractivity contribution in [2.75, 3.05) is 13.6 Å². The lowest BCUT2D eigenvalue weighted by molar-refractivity contribution is -0.129. The molecule has 0 atom stereocenters. The van der Waals surface area contributed by atoms with Gasteiger partial charge in [0.25, 0.3) is 0 Å². The van der Waals surface area contributed by atoms with Gasteiger partial charge in [-0.25, -0.2) is 0 Å². The molecule has 0 fully saturated rings. The summed E-state index contributed by atoms with van der Waals surface area (Å²) in [5, 5.41) is 0. The molecule has 3 nitrogen and oxygen atoms in total. The van der Waals surface area contributed by atoms with Crippen LogP contribution in [-0.4, -0.2) is 29.4 Å². The van der Waals surface area contributed by atoms with Crippen molar-refractivity contribution in [2.24, 2.45) is 5.73 Å². The molecule has 17 heavy (non-hydrogen) atoms. The molecule has 1 aromatic carbocycles. The summed E-state index contributed by atoms with van der Waals surface area (Å²) in [7, 11) is 1.77. The van der Waals surface area contributed by atoms with Crippen molar-refractivity contribution in [3.8, 4) is 0 Å². The highest BCUT2D eigenvalue weighted by Gasteiger charge is 2.09. The van der Waals surface area contributed by atoms with Crippen LogP contribution in [0.3, 0.4) is 0 Å². The third-order valence-electron chi connectivity index (χ3n) is 2.60. The van der Waals surface area contributed by atoms with Crippen molar-refractivity contribution in [3.05, 3.63) is 35.4 Å². The Morgan fingerprint density at radius 1 is 1.35 bits per heavy atom. The number of thiocarbonyl (C=S) groups is 1. The van der Waals surface area contributed by atoms with Gasteiger partial charge in [0.15, 0.2) is 0 Å². The van der Waals surface area contributed by atoms with Crippen molar-refractivity contribution < 1.29 is 4.79 Å². The van der Waals surface area contributed by atoms with Gasteiger partial charge in [-0.2, -0.15) is 0 Å². The SMILES string of the molecule is Cc1ccc(CC(=O)N(C)CCC(N)=S)cc1. The van der Waals surface area contributed by atoms with Crippen LogP contribution in [0.4, 0.5) is 0 Å². The lowest BCUT2D eigenvalue weighted by atomic mass is 10.1. The van der Waals surface area contributed by atoms with E-state index in [2.05, 4.69) is 0 Å². The normalized spacial score (nSPS) is 10.0. The number of nitrogens with zero attached hydrogens (tertiary/aromatic N) is 1. The number of likely N-dealkylation sites (N-methyl/N-ethyl adjacent to an activating group) is 1. The molecule has 2 N–H and O–H groups in total. The predicted molar refractivity (Wildman–Crippen MR) is 73.9 cm³/mol. The lowest BCUT2D eigenvalue weighted by Gasteiger charge is -2.16. The molecule has 0 bridgehead atoms. The van der Waals surface area contributed by atoms with Gasteiger partial charge in [0, 0.05) is 20.0 Å². The number of nitrogens with two attached hydrogens (primary N) is 1. The van der Waals surface area contributed by atoms with E-state index in [0.29, 0.717) is 24.4 Å². The molecular weight excluding hydrogens is 232 g/mol. The van der Waals surface area contributed by atoms with E-state index in [0.717, 1.165) is 5.56 Å². The lowest BCUT2D eigenvalue weighted by Crippen LogP contribution is -2.31. The average molecular weight is 250 g/mol. The minimum absolute atomic E-state index is 0.0881. The van der Waals surface area contributed by atoms with E-state index in [9.17, 15) is 4.79 Å². The summed E-state index contributed by atoms with van der Waals surface area (Å²) >= 11 is 4.78. The van der Waals surface area contributed by atoms with Crippen LogP contribution < -0.4 is 5.73 Å². The van der Waals surface area contributed by atoms with Crippen LogP contribution in [0.25, 0.3) is 0 Å². The van der Waals surface area contributed by atoms with Crippen LogP contribution >= 0.6 is 12.2 Å². The number of amides is 1. The molecule has 0 aromatic heterocycles. The number of carbonyl (C=O) groups is 1. The first-order chi connectivity index (χ1) is 7.99. The zero-order chi connectivity index (χ0) is 12.8. The van der Waals surface area contributed by atoms with Gasteiger partial charge in [-0.3, -0.25) is 4.79 Å². The van der Waals surface area contributed by atoms with Crippen molar-refractivity contribution in [2.45, 2.75) is 19.8 Å². The van der Waals surface area contributed by atoms with Crippen molar-refractivity contribution >= 4 is 23.1 Å². The molecule has 0 spiro atoms. The van der Waals surface area contributed by atoms with Crippen LogP contribution in [0.1, 0.15) is 17.5 Å². The largest absolute Gasteiger partial charge is 0.393 e. The fraction of sp³-hybridized carbons (Fsp3) is 0.385. The average Bonchev–Trinajstić information content (AvgIpc) is 2.28. The molecule has 1 aromatic rings. The van der Waals surface area contributed by atoms with Gasteiger partial charge < -0.3 is 10.6 Å². The summed E-state index contributed by atoms with van der Waals surface area (Å²) in [5.41, 5.74) is 7.63. The van der Waals surface area contributed by atoms with E-state index < -0.39 is 0 Å². The van der Waals surface area contributed by atoms with Crippen molar-refractivity contribution in [1.29, 1.82) is 0 Å². The second-order valence-electron chi connectivity index (χ2n) is 4.19. The van der Waals surface area contributed by atoms with Gasteiger partial charge in [-0.1, -0.05) is 42.0 Å². The number of rotatable bonds is 5. The van der Waals surface area contributed by atoms with Gasteiger partial charge in [-0.05, 0) is 12.5 Å². The molecule has 4 heteroatoms. The van der Waals surface area contributed by atoms with Gasteiger partial charge >= 0.3 is 0 Å². The summed E-state index contributed by atoms with van der Waals surface area (Å²) in [6, 6.07) is 7.98. The van der Waals surface area contributed by atoms with Crippen LogP contribution in [0.5, 0.6) is 0 Å². The number of benzene rings is 1. The number of aryl methyl sites for hydroxylation is 1. The molecule has 0 heterocycles. The number of hydrogen-bond acceptors (Lipinski definition) is 2. The molecular formula is C13H18N2OS. The summed E-state index contributed by atoms with van der Waals surface area (Å²) in [5.74, 6) is 0.0881. The van der Waals surface area contributed by atoms with E-state index in [1.54, 1.807) is 11.9 Å². The van der Waals surface area contributed by atoms with Crippen LogP contribution in [0, 0.1) is 6.92 Å². The Kier molecular flexibility index (Phi) is 5.10. The fourth-order valence-corrected chi connectivity index (χ4v) is 1.51. The Bertz CT molecular complexity index is 400. The third kappa shape index (κ3) is 4.95. The van der Waals surface area contributed by atoms with E-state index in [1.165, 1.54) is 5.56 Å². The van der Waals surface area contributed by atoms with Gasteiger partial charge in [-0.15, -0.1) is 0 Å². The van der Waals surface area contributed by atoms with Crippen molar-refractivity contribution in [3.63, 3.8) is 0 Å². The monoisotopic (exact) mass is 250 g/mol. The van der Waals surface area contributed by atoms with E-state index in [-0.39, 0.29) is 5.91 Å². The Labute approximate surface area is 108 Å². The van der Waals surface area contributed by atoms with Gasteiger partial charge in [0.2, 0.25) is 5.91 Å². The standard InChI is InChI=1S/C13H18N2OS/c1-10-3-5-11(6-4-10)9-13(16)15(2)8-7-12(14)17/h3-6H,7-9H2,1-2H3,(H2,14,17). The maximum Gasteiger partial charge on any atom is 0.226 e. The first-order valence-electron chi connectivity index (χ1n) is 5.57. The molecule has 0 saturated carbocycles. The summed E-state index contributed by atoms with van der Waals surface area (Å²) in [4.78, 5) is 14.0. The predicted octanol–water partition coefficient (Wildman–Crippen LogP) is 1.67. The van der Waals surface area contributed by atoms with E-state index >= 15 is 0 Å². The minimum Gasteiger partial charge on any atom is -0.393 e. The fourth-order valence-electron chi connectivity index (χ4n) is 1.42. The van der Waals surface area contributed by atoms with Gasteiger partial charge in [0.1, 0.15) is 0 Å². The van der Waals surface area contributed by atoms with Crippen LogP contribution in [0.2, 0.25) is 0 Å². The molecule has 1 rings (SSSR count). The molecule has 0 radical (unpaired) electrons. The molecule has 0 saturated heterocycles. The molecule has 0 unspecified atom stereocenters. The zero-order valence-electron chi connectivity index (χ0n) is 10.3. The molecule has 1 amide bonds. The summed E-state index contributed by atoms with van der Waals surface area (Å²) in [6.45, 7) is 2.61. The molecule has 0 aliphatic heterocycles. The first kappa shape index (κ1) is 13.6. The van der Waals surface area contributed by atoms with Crippen LogP contribution in [-0.2, 0) is 11.2 Å². The third-order valence-corrected chi connectivity index (χ3v) is 2.80. The summed E-state index contributed by atoms with van der Waals surface area (Å²) in [6.07, 6.45) is 1.000. The maximum atomic E-state index is 11.9. The van der Waals surface area contributed by atoms with E-state index in [1.807, 2.05) is 31.2 Å². The Balaban J connectivity index is 2.48. The molecule has 92 valence electrons. The van der Waals surface area contributed by atoms with Gasteiger partial charge in [0.05, 0.1) is 11.4 Å². The van der Waals surface area contributed by atoms with Crippen molar-refractivity contribution in [1.82, 2.24) is 4.90 Å². The quantitative estimate of drug-likeness (QED) is 0.809. The molecule has 0 aliphatic rings. The number of carbonyl (C=O) groups excluding carboxylic acids is 1. The highest BCUT2D eigenvalue weighted by molar-refractivity contribution is 7.80. The second kappa shape index (κ2) is 6.35. The Morgan fingerprint density at radius 2 is 1.94 bits per heavy atom. The van der Waals surface area contributed by atoms with Crippen LogP contribution in [0.15, 0.2) is 24.3 Å². The first-order valence-corrected chi connectivity index (χ1v) is 5.97. The maximum absolute atomic E-state index is 11.9. The number of hydrogen-bond donors (Lipinski definition) is 1. The van der Waals surface area contributed by atoms with E-state index in [4.69, 9.17) is 18.0 Å². The minimum atomic E-state index is 0.0881. The Hall–Kier alpha value is -1.42. The highest BCUT2D eigenvalue weighted by Crippen LogP contribution is 2.05. The zero-order valence-corrected chi connectivity index (χ0v) is 11.1. The summed E-state index contributed by atoms with van der Waals surface area (Å²) < 4.78 is 0. The Morgan fingerprint density at radius 3 is 2.47 bits per heavy atom. The second-order valence-corrected chi connectivity index (χ2v) is 4.72. The topological polar surface area (TPSA) is 46.3 Å². The highest BCUT2D eigenvalue weighted by atomic mass is 32.1.